The van der Waals surface area contributed by atoms with Crippen LogP contribution in [0.2, 0.25) is 0 Å². The van der Waals surface area contributed by atoms with E-state index in [0.29, 0.717) is 11.6 Å². The van der Waals surface area contributed by atoms with Crippen LogP contribution >= 0.6 is 0 Å². The van der Waals surface area contributed by atoms with Crippen LogP contribution in [0.25, 0.3) is 0 Å². The molecule has 156 valence electrons. The smallest absolute Gasteiger partial charge is 0.264 e. The van der Waals surface area contributed by atoms with Crippen molar-refractivity contribution in [2.45, 2.75) is 31.1 Å². The van der Waals surface area contributed by atoms with Crippen LogP contribution in [0.5, 0.6) is 0 Å². The van der Waals surface area contributed by atoms with Crippen LogP contribution in [-0.4, -0.2) is 21.4 Å². The molecule has 5 nitrogen and oxygen atoms in total. The number of hydrogen-bond donors (Lipinski definition) is 1. The number of carbonyl (C=O) groups excluding carboxylic acids is 1. The van der Waals surface area contributed by atoms with Gasteiger partial charge in [0.05, 0.1) is 10.6 Å². The first-order valence-corrected chi connectivity index (χ1v) is 11.3. The zero-order valence-corrected chi connectivity index (χ0v) is 18.2. The van der Waals surface area contributed by atoms with Crippen molar-refractivity contribution in [3.05, 3.63) is 90.0 Å². The molecule has 0 saturated carbocycles. The van der Waals surface area contributed by atoms with Crippen molar-refractivity contribution in [1.29, 1.82) is 0 Å². The lowest BCUT2D eigenvalue weighted by atomic mass is 9.97. The Bertz CT molecular complexity index is 1130. The van der Waals surface area contributed by atoms with Crippen LogP contribution in [0.15, 0.2) is 83.8 Å². The molecule has 0 aliphatic rings. The highest BCUT2D eigenvalue weighted by molar-refractivity contribution is 7.92. The number of nitrogens with zero attached hydrogens (tertiary/aromatic N) is 1. The first-order chi connectivity index (χ1) is 14.3. The Morgan fingerprint density at radius 3 is 2.33 bits per heavy atom. The Hall–Kier alpha value is -3.12. The zero-order valence-electron chi connectivity index (χ0n) is 17.4. The number of sulfonamides is 1. The summed E-state index contributed by atoms with van der Waals surface area (Å²) in [6, 6.07) is 22.6. The highest BCUT2D eigenvalue weighted by atomic mass is 32.2. The molecule has 1 N–H and O–H groups in total. The molecule has 6 heteroatoms. The number of carbonyl (C=O) groups is 1. The average Bonchev–Trinajstić information content (AvgIpc) is 2.79. The summed E-state index contributed by atoms with van der Waals surface area (Å²) in [5.74, 6) is -0.0436. The third-order valence-corrected chi connectivity index (χ3v) is 7.01. The van der Waals surface area contributed by atoms with Crippen molar-refractivity contribution < 1.29 is 13.2 Å². The lowest BCUT2D eigenvalue weighted by Gasteiger charge is -2.20. The molecular weight excluding hydrogens is 396 g/mol. The minimum absolute atomic E-state index is 0.0664. The second-order valence-electron chi connectivity index (χ2n) is 7.19. The molecule has 0 fully saturated rings. The summed E-state index contributed by atoms with van der Waals surface area (Å²) >= 11 is 0. The maximum atomic E-state index is 13.0. The van der Waals surface area contributed by atoms with Crippen molar-refractivity contribution in [2.24, 2.45) is 0 Å². The predicted molar refractivity (Wildman–Crippen MR) is 122 cm³/mol. The van der Waals surface area contributed by atoms with Gasteiger partial charge in [0.15, 0.2) is 0 Å². The van der Waals surface area contributed by atoms with Gasteiger partial charge in [-0.1, -0.05) is 56.3 Å². The molecule has 30 heavy (non-hydrogen) atoms. The Morgan fingerprint density at radius 2 is 1.63 bits per heavy atom. The normalized spacial score (nSPS) is 12.2. The lowest BCUT2D eigenvalue weighted by molar-refractivity contribution is 0.102. The molecule has 3 aromatic carbocycles. The number of hydrogen-bond acceptors (Lipinski definition) is 3. The fraction of sp³-hybridized carbons (Fsp3) is 0.208. The van der Waals surface area contributed by atoms with Gasteiger partial charge in [-0.05, 0) is 54.3 Å². The zero-order chi connectivity index (χ0) is 21.7. The number of rotatable bonds is 7. The standard InChI is InChI=1S/C24H26N2O3S/c1-4-18(2)22-15-8-9-16-23(22)25-24(27)19-11-10-14-21(17-19)30(28,29)26(3)20-12-6-5-7-13-20/h5-18H,4H2,1-3H3,(H,25,27)/t18-/m1/s1. The van der Waals surface area contributed by atoms with Gasteiger partial charge in [0.2, 0.25) is 0 Å². The lowest BCUT2D eigenvalue weighted by Crippen LogP contribution is -2.26. The van der Waals surface area contributed by atoms with E-state index in [-0.39, 0.29) is 16.4 Å². The molecule has 0 radical (unpaired) electrons. The Labute approximate surface area is 178 Å². The van der Waals surface area contributed by atoms with Crippen LogP contribution in [0.3, 0.4) is 0 Å². The third kappa shape index (κ3) is 4.54. The number of anilines is 2. The van der Waals surface area contributed by atoms with Crippen molar-refractivity contribution in [1.82, 2.24) is 0 Å². The van der Waals surface area contributed by atoms with Gasteiger partial charge in [-0.2, -0.15) is 0 Å². The summed E-state index contributed by atoms with van der Waals surface area (Å²) in [7, 11) is -2.29. The fourth-order valence-electron chi connectivity index (χ4n) is 3.19. The van der Waals surface area contributed by atoms with Gasteiger partial charge in [0, 0.05) is 18.3 Å². The van der Waals surface area contributed by atoms with E-state index in [0.717, 1.165) is 17.7 Å². The van der Waals surface area contributed by atoms with E-state index in [1.165, 1.54) is 23.5 Å². The Morgan fingerprint density at radius 1 is 0.967 bits per heavy atom. The van der Waals surface area contributed by atoms with Crippen molar-refractivity contribution in [2.75, 3.05) is 16.7 Å². The van der Waals surface area contributed by atoms with E-state index in [9.17, 15) is 13.2 Å². The summed E-state index contributed by atoms with van der Waals surface area (Å²) in [6.45, 7) is 4.21. The average molecular weight is 423 g/mol. The van der Waals surface area contributed by atoms with Crippen LogP contribution in [0.1, 0.15) is 42.1 Å². The largest absolute Gasteiger partial charge is 0.322 e. The van der Waals surface area contributed by atoms with Gasteiger partial charge in [0.25, 0.3) is 15.9 Å². The second kappa shape index (κ2) is 9.13. The van der Waals surface area contributed by atoms with Crippen molar-refractivity contribution >= 4 is 27.3 Å². The van der Waals surface area contributed by atoms with Crippen LogP contribution < -0.4 is 9.62 Å². The quantitative estimate of drug-likeness (QED) is 0.563. The highest BCUT2D eigenvalue weighted by Gasteiger charge is 2.22. The molecule has 0 bridgehead atoms. The van der Waals surface area contributed by atoms with Crippen LogP contribution in [-0.2, 0) is 10.0 Å². The molecule has 0 aromatic heterocycles. The molecule has 3 aromatic rings. The Balaban J connectivity index is 1.88. The van der Waals surface area contributed by atoms with E-state index in [4.69, 9.17) is 0 Å². The maximum Gasteiger partial charge on any atom is 0.264 e. The summed E-state index contributed by atoms with van der Waals surface area (Å²) < 4.78 is 27.3. The number of benzene rings is 3. The van der Waals surface area contributed by atoms with E-state index in [1.807, 2.05) is 30.3 Å². The molecule has 0 heterocycles. The van der Waals surface area contributed by atoms with E-state index in [1.54, 1.807) is 36.4 Å². The van der Waals surface area contributed by atoms with Gasteiger partial charge < -0.3 is 5.32 Å². The summed E-state index contributed by atoms with van der Waals surface area (Å²) in [4.78, 5) is 12.9. The molecule has 0 aliphatic carbocycles. The van der Waals surface area contributed by atoms with Gasteiger partial charge in [-0.25, -0.2) is 8.42 Å². The van der Waals surface area contributed by atoms with Crippen molar-refractivity contribution in [3.8, 4) is 0 Å². The molecule has 3 rings (SSSR count). The number of amides is 1. The van der Waals surface area contributed by atoms with Gasteiger partial charge in [0.1, 0.15) is 0 Å². The highest BCUT2D eigenvalue weighted by Crippen LogP contribution is 2.27. The number of para-hydroxylation sites is 2. The minimum atomic E-state index is -3.79. The van der Waals surface area contributed by atoms with E-state index in [2.05, 4.69) is 19.2 Å². The molecule has 1 amide bonds. The van der Waals surface area contributed by atoms with Crippen LogP contribution in [0.4, 0.5) is 11.4 Å². The minimum Gasteiger partial charge on any atom is -0.322 e. The summed E-state index contributed by atoms with van der Waals surface area (Å²) in [6.07, 6.45) is 0.951. The van der Waals surface area contributed by atoms with E-state index < -0.39 is 10.0 Å². The molecule has 0 aliphatic heterocycles. The molecule has 0 saturated heterocycles. The van der Waals surface area contributed by atoms with Crippen LogP contribution in [0, 0.1) is 0 Å². The Kier molecular flexibility index (Phi) is 6.57. The monoisotopic (exact) mass is 422 g/mol. The molecular formula is C24H26N2O3S. The summed E-state index contributed by atoms with van der Waals surface area (Å²) in [5.41, 5.74) is 2.64. The molecule has 1 atom stereocenters. The fourth-order valence-corrected chi connectivity index (χ4v) is 4.43. The summed E-state index contributed by atoms with van der Waals surface area (Å²) in [5, 5.41) is 2.93. The molecule has 0 spiro atoms. The maximum absolute atomic E-state index is 13.0. The van der Waals surface area contributed by atoms with E-state index >= 15 is 0 Å². The van der Waals surface area contributed by atoms with Crippen molar-refractivity contribution in [3.63, 3.8) is 0 Å². The predicted octanol–water partition coefficient (Wildman–Crippen LogP) is 5.28. The van der Waals surface area contributed by atoms with Gasteiger partial charge in [-0.3, -0.25) is 9.10 Å². The third-order valence-electron chi connectivity index (χ3n) is 5.23. The topological polar surface area (TPSA) is 66.5 Å². The first-order valence-electron chi connectivity index (χ1n) is 9.89. The van der Waals surface area contributed by atoms with Gasteiger partial charge in [-0.15, -0.1) is 0 Å². The SMILES string of the molecule is CC[C@@H](C)c1ccccc1NC(=O)c1cccc(S(=O)(=O)N(C)c2ccccc2)c1. The molecule has 0 unspecified atom stereocenters. The first kappa shape index (κ1) is 21.6. The second-order valence-corrected chi connectivity index (χ2v) is 9.16. The number of nitrogens with one attached hydrogen (secondary N) is 1. The van der Waals surface area contributed by atoms with Gasteiger partial charge >= 0.3 is 0 Å².